The lowest BCUT2D eigenvalue weighted by atomic mass is 10.2. The van der Waals surface area contributed by atoms with Gasteiger partial charge in [0.1, 0.15) is 0 Å². The van der Waals surface area contributed by atoms with Crippen LogP contribution in [-0.2, 0) is 6.42 Å². The summed E-state index contributed by atoms with van der Waals surface area (Å²) in [6.07, 6.45) is 4.49. The molecule has 1 N–H and O–H groups in total. The summed E-state index contributed by atoms with van der Waals surface area (Å²) in [4.78, 5) is 4.06. The predicted octanol–water partition coefficient (Wildman–Crippen LogP) is 3.26. The molecule has 0 atom stereocenters. The summed E-state index contributed by atoms with van der Waals surface area (Å²) in [6, 6.07) is 11.2. The van der Waals surface area contributed by atoms with Gasteiger partial charge < -0.3 is 5.32 Å². The van der Waals surface area contributed by atoms with Crippen molar-refractivity contribution in [3.8, 4) is 6.07 Å². The summed E-state index contributed by atoms with van der Waals surface area (Å²) in [7, 11) is 0. The van der Waals surface area contributed by atoms with Gasteiger partial charge in [0.25, 0.3) is 0 Å². The van der Waals surface area contributed by atoms with Gasteiger partial charge in [-0.15, -0.1) is 0 Å². The average Bonchev–Trinajstić information content (AvgIpc) is 2.42. The Kier molecular flexibility index (Phi) is 4.16. The Labute approximate surface area is 111 Å². The molecular weight excluding hydrogens is 246 g/mol. The molecule has 0 aliphatic heterocycles. The summed E-state index contributed by atoms with van der Waals surface area (Å²) in [5, 5.41) is 12.6. The van der Waals surface area contributed by atoms with E-state index in [-0.39, 0.29) is 0 Å². The predicted molar refractivity (Wildman–Crippen MR) is 72.6 cm³/mol. The monoisotopic (exact) mass is 257 g/mol. The number of nitrogens with zero attached hydrogens (tertiary/aromatic N) is 2. The number of benzene rings is 1. The number of hydrogen-bond acceptors (Lipinski definition) is 3. The van der Waals surface area contributed by atoms with Crippen molar-refractivity contribution in [3.05, 3.63) is 58.9 Å². The molecule has 2 rings (SSSR count). The topological polar surface area (TPSA) is 48.7 Å². The summed E-state index contributed by atoms with van der Waals surface area (Å²) in [6.45, 7) is 0.775. The lowest BCUT2D eigenvalue weighted by Crippen LogP contribution is -2.05. The third-order valence-electron chi connectivity index (χ3n) is 2.55. The van der Waals surface area contributed by atoms with Crippen LogP contribution in [0.25, 0.3) is 0 Å². The Morgan fingerprint density at radius 1 is 1.33 bits per heavy atom. The van der Waals surface area contributed by atoms with Gasteiger partial charge in [-0.1, -0.05) is 17.7 Å². The van der Waals surface area contributed by atoms with E-state index in [9.17, 15) is 0 Å². The normalized spacial score (nSPS) is 9.78. The minimum atomic E-state index is 0.567. The van der Waals surface area contributed by atoms with E-state index in [0.29, 0.717) is 10.6 Å². The summed E-state index contributed by atoms with van der Waals surface area (Å²) in [5.41, 5.74) is 2.59. The number of nitriles is 1. The third kappa shape index (κ3) is 3.22. The first-order chi connectivity index (χ1) is 8.79. The van der Waals surface area contributed by atoms with Gasteiger partial charge >= 0.3 is 0 Å². The van der Waals surface area contributed by atoms with Gasteiger partial charge in [-0.05, 0) is 36.2 Å². The SMILES string of the molecule is N#Cc1ccc(NCCc2cccnc2)c(Cl)c1. The van der Waals surface area contributed by atoms with E-state index in [0.717, 1.165) is 18.7 Å². The van der Waals surface area contributed by atoms with Crippen molar-refractivity contribution >= 4 is 17.3 Å². The quantitative estimate of drug-likeness (QED) is 0.915. The fourth-order valence-corrected chi connectivity index (χ4v) is 1.86. The van der Waals surface area contributed by atoms with E-state index >= 15 is 0 Å². The maximum absolute atomic E-state index is 8.74. The van der Waals surface area contributed by atoms with Crippen molar-refractivity contribution in [2.75, 3.05) is 11.9 Å². The zero-order chi connectivity index (χ0) is 12.8. The van der Waals surface area contributed by atoms with Gasteiger partial charge in [0, 0.05) is 18.9 Å². The maximum atomic E-state index is 8.74. The highest BCUT2D eigenvalue weighted by molar-refractivity contribution is 6.33. The van der Waals surface area contributed by atoms with Gasteiger partial charge in [-0.25, -0.2) is 0 Å². The van der Waals surface area contributed by atoms with Crippen LogP contribution in [0, 0.1) is 11.3 Å². The van der Waals surface area contributed by atoms with Gasteiger partial charge in [-0.2, -0.15) is 5.26 Å². The molecule has 0 aliphatic carbocycles. The van der Waals surface area contributed by atoms with Crippen LogP contribution < -0.4 is 5.32 Å². The first-order valence-electron chi connectivity index (χ1n) is 5.62. The highest BCUT2D eigenvalue weighted by atomic mass is 35.5. The zero-order valence-corrected chi connectivity index (χ0v) is 10.5. The molecule has 3 nitrogen and oxygen atoms in total. The first kappa shape index (κ1) is 12.4. The summed E-state index contributed by atoms with van der Waals surface area (Å²) < 4.78 is 0. The van der Waals surface area contributed by atoms with Crippen LogP contribution >= 0.6 is 11.6 Å². The molecule has 0 radical (unpaired) electrons. The molecule has 0 aliphatic rings. The molecule has 2 aromatic rings. The number of halogens is 1. The van der Waals surface area contributed by atoms with Gasteiger partial charge in [0.2, 0.25) is 0 Å². The second-order valence-corrected chi connectivity index (χ2v) is 4.25. The van der Waals surface area contributed by atoms with Crippen LogP contribution in [0.3, 0.4) is 0 Å². The van der Waals surface area contributed by atoms with Crippen molar-refractivity contribution in [1.82, 2.24) is 4.98 Å². The number of rotatable bonds is 4. The molecule has 1 aromatic heterocycles. The standard InChI is InChI=1S/C14H12ClN3/c15-13-8-12(9-16)3-4-14(13)18-7-5-11-2-1-6-17-10-11/h1-4,6,8,10,18H,5,7H2. The molecule has 18 heavy (non-hydrogen) atoms. The Balaban J connectivity index is 1.93. The molecule has 0 fully saturated rings. The number of anilines is 1. The fraction of sp³-hybridized carbons (Fsp3) is 0.143. The average molecular weight is 258 g/mol. The minimum absolute atomic E-state index is 0.567. The van der Waals surface area contributed by atoms with Crippen LogP contribution in [0.4, 0.5) is 5.69 Å². The van der Waals surface area contributed by atoms with Crippen molar-refractivity contribution < 1.29 is 0 Å². The van der Waals surface area contributed by atoms with E-state index in [1.807, 2.05) is 24.4 Å². The molecule has 0 saturated heterocycles. The van der Waals surface area contributed by atoms with Crippen LogP contribution in [0.15, 0.2) is 42.7 Å². The number of aromatic nitrogens is 1. The molecule has 0 amide bonds. The van der Waals surface area contributed by atoms with Crippen molar-refractivity contribution in [1.29, 1.82) is 5.26 Å². The smallest absolute Gasteiger partial charge is 0.0992 e. The molecule has 1 heterocycles. The molecule has 0 spiro atoms. The molecule has 0 unspecified atom stereocenters. The second kappa shape index (κ2) is 6.04. The van der Waals surface area contributed by atoms with E-state index in [2.05, 4.69) is 16.4 Å². The lowest BCUT2D eigenvalue weighted by molar-refractivity contribution is 1.01. The van der Waals surface area contributed by atoms with Gasteiger partial charge in [0.05, 0.1) is 22.3 Å². The summed E-state index contributed by atoms with van der Waals surface area (Å²) in [5.74, 6) is 0. The van der Waals surface area contributed by atoms with E-state index in [1.54, 1.807) is 18.3 Å². The Hall–Kier alpha value is -2.05. The largest absolute Gasteiger partial charge is 0.384 e. The fourth-order valence-electron chi connectivity index (χ4n) is 1.62. The van der Waals surface area contributed by atoms with Crippen molar-refractivity contribution in [2.24, 2.45) is 0 Å². The highest BCUT2D eigenvalue weighted by Gasteiger charge is 2.01. The van der Waals surface area contributed by atoms with Crippen molar-refractivity contribution in [3.63, 3.8) is 0 Å². The number of pyridine rings is 1. The van der Waals surface area contributed by atoms with Crippen LogP contribution in [0.1, 0.15) is 11.1 Å². The van der Waals surface area contributed by atoms with Gasteiger partial charge in [-0.3, -0.25) is 4.98 Å². The lowest BCUT2D eigenvalue weighted by Gasteiger charge is -2.08. The van der Waals surface area contributed by atoms with E-state index in [4.69, 9.17) is 16.9 Å². The molecule has 4 heteroatoms. The van der Waals surface area contributed by atoms with E-state index in [1.165, 1.54) is 5.56 Å². The Morgan fingerprint density at radius 3 is 2.89 bits per heavy atom. The van der Waals surface area contributed by atoms with E-state index < -0.39 is 0 Å². The Morgan fingerprint density at radius 2 is 2.22 bits per heavy atom. The first-order valence-corrected chi connectivity index (χ1v) is 6.00. The van der Waals surface area contributed by atoms with Gasteiger partial charge in [0.15, 0.2) is 0 Å². The van der Waals surface area contributed by atoms with Crippen LogP contribution in [-0.4, -0.2) is 11.5 Å². The van der Waals surface area contributed by atoms with Crippen molar-refractivity contribution in [2.45, 2.75) is 6.42 Å². The molecule has 90 valence electrons. The maximum Gasteiger partial charge on any atom is 0.0992 e. The second-order valence-electron chi connectivity index (χ2n) is 3.84. The molecule has 0 saturated carbocycles. The zero-order valence-electron chi connectivity index (χ0n) is 9.73. The number of nitrogens with one attached hydrogen (secondary N) is 1. The Bertz CT molecular complexity index is 561. The third-order valence-corrected chi connectivity index (χ3v) is 2.86. The molecule has 0 bridgehead atoms. The number of hydrogen-bond donors (Lipinski definition) is 1. The highest BCUT2D eigenvalue weighted by Crippen LogP contribution is 2.22. The molecular formula is C14H12ClN3. The molecule has 1 aromatic carbocycles. The van der Waals surface area contributed by atoms with Crippen LogP contribution in [0.2, 0.25) is 5.02 Å². The van der Waals surface area contributed by atoms with Crippen LogP contribution in [0.5, 0.6) is 0 Å². The summed E-state index contributed by atoms with van der Waals surface area (Å²) >= 11 is 6.06. The minimum Gasteiger partial charge on any atom is -0.384 e.